The zero-order valence-electron chi connectivity index (χ0n) is 18.5. The molecule has 1 N–H and O–H groups in total. The van der Waals surface area contributed by atoms with Crippen LogP contribution in [0.2, 0.25) is 0 Å². The fraction of sp³-hybridized carbons (Fsp3) is 0.375. The van der Waals surface area contributed by atoms with Gasteiger partial charge in [-0.2, -0.15) is 4.98 Å². The van der Waals surface area contributed by atoms with Crippen LogP contribution in [-0.2, 0) is 11.2 Å². The smallest absolute Gasteiger partial charge is 0.227 e. The maximum atomic E-state index is 12.4. The zero-order valence-corrected chi connectivity index (χ0v) is 18.5. The Hall–Kier alpha value is -3.35. The molecule has 164 valence electrons. The molecule has 0 fully saturated rings. The van der Waals surface area contributed by atoms with Crippen molar-refractivity contribution in [3.05, 3.63) is 59.5 Å². The van der Waals surface area contributed by atoms with E-state index in [4.69, 9.17) is 14.0 Å². The highest BCUT2D eigenvalue weighted by Crippen LogP contribution is 2.30. The Balaban J connectivity index is 1.56. The van der Waals surface area contributed by atoms with Gasteiger partial charge >= 0.3 is 0 Å². The molecule has 0 saturated carbocycles. The number of rotatable bonds is 10. The standard InChI is InChI=1S/C24H29N3O4/c1-5-29-20-12-11-19(15-21(20)30-6-2)17(4)25-22(28)13-14-23-26-24(27-31-23)18-9-7-16(3)8-10-18/h7-12,15,17H,5-6,13-14H2,1-4H3,(H,25,28)/t17-/m0/s1. The normalized spacial score (nSPS) is 11.7. The Kier molecular flexibility index (Phi) is 7.65. The molecule has 0 aliphatic rings. The number of nitrogens with one attached hydrogen (secondary N) is 1. The van der Waals surface area contributed by atoms with Gasteiger partial charge in [-0.1, -0.05) is 41.1 Å². The van der Waals surface area contributed by atoms with Gasteiger partial charge in [0.25, 0.3) is 0 Å². The van der Waals surface area contributed by atoms with E-state index in [9.17, 15) is 4.79 Å². The van der Waals surface area contributed by atoms with Crippen molar-refractivity contribution < 1.29 is 18.8 Å². The lowest BCUT2D eigenvalue weighted by molar-refractivity contribution is -0.121. The summed E-state index contributed by atoms with van der Waals surface area (Å²) >= 11 is 0. The van der Waals surface area contributed by atoms with Crippen LogP contribution in [0.15, 0.2) is 47.0 Å². The summed E-state index contributed by atoms with van der Waals surface area (Å²) in [5, 5.41) is 7.02. The lowest BCUT2D eigenvalue weighted by atomic mass is 10.1. The number of carbonyl (C=O) groups excluding carboxylic acids is 1. The van der Waals surface area contributed by atoms with Gasteiger partial charge in [0.2, 0.25) is 17.6 Å². The lowest BCUT2D eigenvalue weighted by Crippen LogP contribution is -2.26. The molecular weight excluding hydrogens is 394 g/mol. The van der Waals surface area contributed by atoms with E-state index in [1.165, 1.54) is 5.56 Å². The van der Waals surface area contributed by atoms with E-state index < -0.39 is 0 Å². The summed E-state index contributed by atoms with van der Waals surface area (Å²) in [6.07, 6.45) is 0.639. The second-order valence-corrected chi connectivity index (χ2v) is 7.24. The fourth-order valence-electron chi connectivity index (χ4n) is 3.13. The Morgan fingerprint density at radius 1 is 1.06 bits per heavy atom. The second-order valence-electron chi connectivity index (χ2n) is 7.24. The predicted molar refractivity (Wildman–Crippen MR) is 118 cm³/mol. The molecule has 3 rings (SSSR count). The van der Waals surface area contributed by atoms with Gasteiger partial charge < -0.3 is 19.3 Å². The summed E-state index contributed by atoms with van der Waals surface area (Å²) < 4.78 is 16.6. The third kappa shape index (κ3) is 6.07. The van der Waals surface area contributed by atoms with Gasteiger partial charge in [0.05, 0.1) is 19.3 Å². The molecular formula is C24H29N3O4. The average Bonchev–Trinajstić information content (AvgIpc) is 3.23. The Morgan fingerprint density at radius 3 is 2.48 bits per heavy atom. The molecule has 0 bridgehead atoms. The number of carbonyl (C=O) groups is 1. The Labute approximate surface area is 182 Å². The van der Waals surface area contributed by atoms with Gasteiger partial charge in [0.1, 0.15) is 0 Å². The van der Waals surface area contributed by atoms with E-state index in [-0.39, 0.29) is 18.4 Å². The third-order valence-electron chi connectivity index (χ3n) is 4.79. The van der Waals surface area contributed by atoms with Crippen molar-refractivity contribution >= 4 is 5.91 Å². The van der Waals surface area contributed by atoms with E-state index in [1.807, 2.05) is 70.2 Å². The highest BCUT2D eigenvalue weighted by molar-refractivity contribution is 5.76. The molecule has 0 unspecified atom stereocenters. The van der Waals surface area contributed by atoms with Gasteiger partial charge in [-0.05, 0) is 45.4 Å². The number of benzene rings is 2. The molecule has 0 aliphatic carbocycles. The molecule has 7 nitrogen and oxygen atoms in total. The van der Waals surface area contributed by atoms with Crippen molar-refractivity contribution in [3.63, 3.8) is 0 Å². The van der Waals surface area contributed by atoms with Crippen LogP contribution in [0.4, 0.5) is 0 Å². The number of hydrogen-bond acceptors (Lipinski definition) is 6. The van der Waals surface area contributed by atoms with Crippen LogP contribution in [0.3, 0.4) is 0 Å². The average molecular weight is 424 g/mol. The maximum absolute atomic E-state index is 12.4. The van der Waals surface area contributed by atoms with Crippen molar-refractivity contribution in [2.75, 3.05) is 13.2 Å². The quantitative estimate of drug-likeness (QED) is 0.511. The Bertz CT molecular complexity index is 998. The number of aromatic nitrogens is 2. The SMILES string of the molecule is CCOc1ccc([C@H](C)NC(=O)CCc2nc(-c3ccc(C)cc3)no2)cc1OCC. The van der Waals surface area contributed by atoms with Gasteiger partial charge in [-0.15, -0.1) is 0 Å². The topological polar surface area (TPSA) is 86.5 Å². The van der Waals surface area contributed by atoms with Crippen molar-refractivity contribution in [3.8, 4) is 22.9 Å². The number of hydrogen-bond donors (Lipinski definition) is 1. The van der Waals surface area contributed by atoms with E-state index in [0.717, 1.165) is 11.1 Å². The van der Waals surface area contributed by atoms with Crippen LogP contribution in [0, 0.1) is 6.92 Å². The minimum absolute atomic E-state index is 0.0885. The lowest BCUT2D eigenvalue weighted by Gasteiger charge is -2.17. The van der Waals surface area contributed by atoms with E-state index in [1.54, 1.807) is 0 Å². The molecule has 2 aromatic carbocycles. The van der Waals surface area contributed by atoms with Crippen molar-refractivity contribution in [2.45, 2.75) is 46.6 Å². The first-order valence-corrected chi connectivity index (χ1v) is 10.6. The molecule has 0 saturated heterocycles. The summed E-state index contributed by atoms with van der Waals surface area (Å²) in [5.74, 6) is 2.26. The highest BCUT2D eigenvalue weighted by Gasteiger charge is 2.15. The molecule has 31 heavy (non-hydrogen) atoms. The molecule has 1 aromatic heterocycles. The van der Waals surface area contributed by atoms with Crippen molar-refractivity contribution in [1.82, 2.24) is 15.5 Å². The molecule has 0 aliphatic heterocycles. The van der Waals surface area contributed by atoms with Crippen LogP contribution in [0.25, 0.3) is 11.4 Å². The summed E-state index contributed by atoms with van der Waals surface area (Å²) in [4.78, 5) is 16.8. The van der Waals surface area contributed by atoms with Crippen molar-refractivity contribution in [2.24, 2.45) is 0 Å². The second kappa shape index (κ2) is 10.6. The van der Waals surface area contributed by atoms with Crippen LogP contribution in [-0.4, -0.2) is 29.3 Å². The first kappa shape index (κ1) is 22.3. The van der Waals surface area contributed by atoms with Crippen LogP contribution < -0.4 is 14.8 Å². The predicted octanol–water partition coefficient (Wildman–Crippen LogP) is 4.65. The largest absolute Gasteiger partial charge is 0.490 e. The molecule has 1 amide bonds. The van der Waals surface area contributed by atoms with Crippen LogP contribution >= 0.6 is 0 Å². The Morgan fingerprint density at radius 2 is 1.77 bits per heavy atom. The molecule has 0 radical (unpaired) electrons. The third-order valence-corrected chi connectivity index (χ3v) is 4.79. The first-order valence-electron chi connectivity index (χ1n) is 10.6. The number of amides is 1. The zero-order chi connectivity index (χ0) is 22.2. The summed E-state index contributed by atoms with van der Waals surface area (Å²) in [6.45, 7) is 8.92. The summed E-state index contributed by atoms with van der Waals surface area (Å²) in [5.41, 5.74) is 3.00. The number of nitrogens with zero attached hydrogens (tertiary/aromatic N) is 2. The monoisotopic (exact) mass is 423 g/mol. The molecule has 1 atom stereocenters. The molecule has 3 aromatic rings. The molecule has 0 spiro atoms. The summed E-state index contributed by atoms with van der Waals surface area (Å²) in [7, 11) is 0. The van der Waals surface area contributed by atoms with Crippen molar-refractivity contribution in [1.29, 1.82) is 0 Å². The van der Waals surface area contributed by atoms with Crippen LogP contribution in [0.5, 0.6) is 11.5 Å². The fourth-order valence-corrected chi connectivity index (χ4v) is 3.13. The van der Waals surface area contributed by atoms with E-state index >= 15 is 0 Å². The number of aryl methyl sites for hydroxylation is 2. The highest BCUT2D eigenvalue weighted by atomic mass is 16.5. The van der Waals surface area contributed by atoms with Gasteiger partial charge in [0, 0.05) is 18.4 Å². The van der Waals surface area contributed by atoms with E-state index in [2.05, 4.69) is 15.5 Å². The first-order chi connectivity index (χ1) is 15.0. The van der Waals surface area contributed by atoms with Crippen LogP contribution in [0.1, 0.15) is 50.3 Å². The van der Waals surface area contributed by atoms with E-state index in [0.29, 0.717) is 42.8 Å². The minimum atomic E-state index is -0.173. The van der Waals surface area contributed by atoms with Gasteiger partial charge in [-0.3, -0.25) is 4.79 Å². The molecule has 1 heterocycles. The summed E-state index contributed by atoms with van der Waals surface area (Å²) in [6, 6.07) is 13.4. The number of ether oxygens (including phenoxy) is 2. The maximum Gasteiger partial charge on any atom is 0.227 e. The molecule has 7 heteroatoms. The minimum Gasteiger partial charge on any atom is -0.490 e. The van der Waals surface area contributed by atoms with Gasteiger partial charge in [0.15, 0.2) is 11.5 Å². The van der Waals surface area contributed by atoms with Gasteiger partial charge in [-0.25, -0.2) is 0 Å².